The molecule has 41 heavy (non-hydrogen) atoms. The van der Waals surface area contributed by atoms with Crippen LogP contribution < -0.4 is 10.6 Å². The molecule has 3 amide bonds. The molecule has 216 valence electrons. The molecule has 2 N–H and O–H groups in total. The Morgan fingerprint density at radius 2 is 1.76 bits per heavy atom. The Morgan fingerprint density at radius 1 is 1.10 bits per heavy atom. The fourth-order valence-electron chi connectivity index (χ4n) is 5.23. The second-order valence-electron chi connectivity index (χ2n) is 11.6. The van der Waals surface area contributed by atoms with Gasteiger partial charge in [0, 0.05) is 50.3 Å². The van der Waals surface area contributed by atoms with Crippen molar-refractivity contribution in [3.63, 3.8) is 0 Å². The Hall–Kier alpha value is -3.81. The lowest BCUT2D eigenvalue weighted by Crippen LogP contribution is -2.65. The molecule has 0 bridgehead atoms. The molecule has 2 aromatic rings. The van der Waals surface area contributed by atoms with Gasteiger partial charge in [0.2, 0.25) is 5.91 Å². The van der Waals surface area contributed by atoms with Crippen LogP contribution in [0.15, 0.2) is 59.2 Å². The first-order valence-corrected chi connectivity index (χ1v) is 17.4. The normalized spacial score (nSPS) is 21.5. The fraction of sp³-hybridized carbons (Fsp3) is 0.387. The van der Waals surface area contributed by atoms with E-state index in [0.717, 1.165) is 18.2 Å². The van der Waals surface area contributed by atoms with Crippen molar-refractivity contribution in [1.29, 1.82) is 0 Å². The molecule has 1 atom stereocenters. The molecule has 1 aliphatic heterocycles. The Balaban J connectivity index is 1.57. The summed E-state index contributed by atoms with van der Waals surface area (Å²) in [6.45, 7) is 7.57. The molecule has 1 saturated heterocycles. The molecule has 4 rings (SSSR count). The highest BCUT2D eigenvalue weighted by molar-refractivity contribution is 6.76. The first kappa shape index (κ1) is 30.2. The zero-order chi connectivity index (χ0) is 29.8. The molecule has 1 heterocycles. The van der Waals surface area contributed by atoms with Crippen LogP contribution in [-0.2, 0) is 9.53 Å². The van der Waals surface area contributed by atoms with E-state index in [-0.39, 0.29) is 18.7 Å². The molecule has 2 aromatic carbocycles. The number of rotatable bonds is 6. The average Bonchev–Trinajstić information content (AvgIpc) is 2.92. The molecule has 2 aliphatic rings. The number of carbonyl (C=O) groups is 2. The van der Waals surface area contributed by atoms with Crippen molar-refractivity contribution in [3.05, 3.63) is 77.0 Å². The highest BCUT2D eigenvalue weighted by Crippen LogP contribution is 2.43. The maximum Gasteiger partial charge on any atom is 0.332 e. The molecule has 0 unspecified atom stereocenters. The van der Waals surface area contributed by atoms with Crippen LogP contribution in [0.2, 0.25) is 25.7 Å². The number of hydrogen-bond donors (Lipinski definition) is 1. The molecule has 1 saturated carbocycles. The summed E-state index contributed by atoms with van der Waals surface area (Å²) in [4.78, 5) is 33.6. The van der Waals surface area contributed by atoms with Crippen molar-refractivity contribution in [2.45, 2.75) is 56.9 Å². The molecule has 0 radical (unpaired) electrons. The Labute approximate surface area is 241 Å². The number of nitrogens with two attached hydrogens (primary N) is 1. The van der Waals surface area contributed by atoms with Gasteiger partial charge in [-0.25, -0.2) is 18.5 Å². The van der Waals surface area contributed by atoms with Gasteiger partial charge in [0.15, 0.2) is 11.6 Å². The van der Waals surface area contributed by atoms with E-state index < -0.39 is 42.9 Å². The summed E-state index contributed by atoms with van der Waals surface area (Å²) in [6, 6.07) is 11.2. The first-order chi connectivity index (χ1) is 19.5. The van der Waals surface area contributed by atoms with E-state index >= 15 is 8.78 Å². The summed E-state index contributed by atoms with van der Waals surface area (Å²) in [5, 5.41) is 0. The predicted octanol–water partition coefficient (Wildman–Crippen LogP) is 5.67. The summed E-state index contributed by atoms with van der Waals surface area (Å²) in [5.41, 5.74) is 6.27. The minimum atomic E-state index is -1.24. The number of benzene rings is 2. The summed E-state index contributed by atoms with van der Waals surface area (Å²) in [7, 11) is 0.283. The van der Waals surface area contributed by atoms with Gasteiger partial charge in [0.25, 0.3) is 0 Å². The van der Waals surface area contributed by atoms with Gasteiger partial charge >= 0.3 is 6.03 Å². The molecular formula is C31H36F2N4O3Si. The quantitative estimate of drug-likeness (QED) is 0.272. The Bertz CT molecular complexity index is 1420. The molecular weight excluding hydrogens is 542 g/mol. The minimum Gasteiger partial charge on any atom is -0.404 e. The van der Waals surface area contributed by atoms with E-state index in [2.05, 4.69) is 36.5 Å². The maximum atomic E-state index is 15.3. The summed E-state index contributed by atoms with van der Waals surface area (Å²) >= 11 is 0. The van der Waals surface area contributed by atoms with Crippen LogP contribution in [0.4, 0.5) is 19.3 Å². The van der Waals surface area contributed by atoms with E-state index in [1.807, 2.05) is 6.07 Å². The molecule has 2 fully saturated rings. The average molecular weight is 579 g/mol. The number of aliphatic imine (C=N–C) groups is 1. The number of likely N-dealkylation sites (N-methyl/N-ethyl adjacent to an activating group) is 1. The van der Waals surface area contributed by atoms with Gasteiger partial charge in [-0.05, 0) is 49.6 Å². The van der Waals surface area contributed by atoms with Crippen LogP contribution in [0.1, 0.15) is 36.8 Å². The SMILES string of the molecule is CN1C(=O)N(c2c(F)cc(C#Cc3ccccc3)cc2F)C(=O)C[C@]12CCCC(=NCOCC[Si](C)(C)C)C2=CN. The molecule has 10 heteroatoms. The van der Waals surface area contributed by atoms with E-state index in [1.54, 1.807) is 24.3 Å². The van der Waals surface area contributed by atoms with Gasteiger partial charge in [-0.15, -0.1) is 0 Å². The topological polar surface area (TPSA) is 88.2 Å². The van der Waals surface area contributed by atoms with Gasteiger partial charge in [-0.1, -0.05) is 49.7 Å². The second-order valence-corrected chi connectivity index (χ2v) is 17.2. The summed E-state index contributed by atoms with van der Waals surface area (Å²) in [5.74, 6) is 2.75. The van der Waals surface area contributed by atoms with Crippen molar-refractivity contribution in [1.82, 2.24) is 4.90 Å². The van der Waals surface area contributed by atoms with Gasteiger partial charge in [0.1, 0.15) is 12.4 Å². The predicted molar refractivity (Wildman–Crippen MR) is 159 cm³/mol. The van der Waals surface area contributed by atoms with Gasteiger partial charge in [0.05, 0.1) is 12.0 Å². The molecule has 0 aromatic heterocycles. The number of halogens is 2. The van der Waals surface area contributed by atoms with E-state index in [1.165, 1.54) is 18.1 Å². The van der Waals surface area contributed by atoms with Crippen molar-refractivity contribution in [2.24, 2.45) is 10.7 Å². The lowest BCUT2D eigenvalue weighted by molar-refractivity contribution is -0.121. The van der Waals surface area contributed by atoms with Gasteiger partial charge in [-0.2, -0.15) is 0 Å². The fourth-order valence-corrected chi connectivity index (χ4v) is 5.98. The van der Waals surface area contributed by atoms with Crippen molar-refractivity contribution in [3.8, 4) is 11.8 Å². The molecule has 1 aliphatic carbocycles. The van der Waals surface area contributed by atoms with Crippen LogP contribution in [0.5, 0.6) is 0 Å². The third kappa shape index (κ3) is 6.58. The number of urea groups is 1. The van der Waals surface area contributed by atoms with Crippen LogP contribution in [0.25, 0.3) is 0 Å². The maximum absolute atomic E-state index is 15.3. The van der Waals surface area contributed by atoms with Crippen molar-refractivity contribution >= 4 is 31.4 Å². The van der Waals surface area contributed by atoms with Crippen LogP contribution >= 0.6 is 0 Å². The molecule has 7 nitrogen and oxygen atoms in total. The van der Waals surface area contributed by atoms with Crippen LogP contribution in [0, 0.1) is 23.5 Å². The summed E-state index contributed by atoms with van der Waals surface area (Å²) in [6.07, 6.45) is 2.94. The smallest absolute Gasteiger partial charge is 0.332 e. The number of hydrogen-bond acceptors (Lipinski definition) is 5. The Kier molecular flexibility index (Phi) is 9.10. The van der Waals surface area contributed by atoms with E-state index in [4.69, 9.17) is 10.5 Å². The van der Waals surface area contributed by atoms with Gasteiger partial charge in [-0.3, -0.25) is 9.79 Å². The lowest BCUT2D eigenvalue weighted by Gasteiger charge is -2.50. The van der Waals surface area contributed by atoms with E-state index in [9.17, 15) is 9.59 Å². The number of imide groups is 1. The number of ether oxygens (including phenoxy) is 1. The van der Waals surface area contributed by atoms with Crippen LogP contribution in [0.3, 0.4) is 0 Å². The highest BCUT2D eigenvalue weighted by atomic mass is 28.3. The van der Waals surface area contributed by atoms with Crippen molar-refractivity contribution in [2.75, 3.05) is 25.3 Å². The first-order valence-electron chi connectivity index (χ1n) is 13.7. The standard InChI is InChI=1S/C31H36F2N4O3Si/c1-36-30(39)37(29-25(32)17-23(18-26(29)33)13-12-22-9-6-5-7-10-22)28(38)19-31(36)14-8-11-27(24(31)20-34)35-21-40-15-16-41(2,3)4/h5-7,9-10,17-18,20H,8,11,14-16,19,21,34H2,1-4H3/t31-/m0/s1. The monoisotopic (exact) mass is 578 g/mol. The van der Waals surface area contributed by atoms with Gasteiger partial charge < -0.3 is 15.4 Å². The van der Waals surface area contributed by atoms with Crippen LogP contribution in [-0.4, -0.2) is 56.5 Å². The second kappa shape index (κ2) is 12.4. The number of carbonyl (C=O) groups excluding carboxylic acids is 2. The number of amides is 3. The number of nitrogens with zero attached hydrogens (tertiary/aromatic N) is 3. The number of anilines is 1. The third-order valence-electron chi connectivity index (χ3n) is 7.50. The largest absolute Gasteiger partial charge is 0.404 e. The summed E-state index contributed by atoms with van der Waals surface area (Å²) < 4.78 is 36.3. The zero-order valence-electron chi connectivity index (χ0n) is 24.0. The lowest BCUT2D eigenvalue weighted by atomic mass is 9.72. The van der Waals surface area contributed by atoms with Crippen molar-refractivity contribution < 1.29 is 23.1 Å². The zero-order valence-corrected chi connectivity index (χ0v) is 25.0. The molecule has 1 spiro atoms. The third-order valence-corrected chi connectivity index (χ3v) is 9.21. The Morgan fingerprint density at radius 3 is 2.39 bits per heavy atom. The van der Waals surface area contributed by atoms with E-state index in [0.29, 0.717) is 47.6 Å². The minimum absolute atomic E-state index is 0.0860. The highest BCUT2D eigenvalue weighted by Gasteiger charge is 2.53.